The number of aromatic nitrogens is 2. The van der Waals surface area contributed by atoms with E-state index in [0.717, 1.165) is 11.3 Å². The van der Waals surface area contributed by atoms with E-state index in [0.29, 0.717) is 22.6 Å². The van der Waals surface area contributed by atoms with Crippen LogP contribution in [0, 0.1) is 6.92 Å². The number of hydrogen-bond acceptors (Lipinski definition) is 4. The molecule has 1 amide bonds. The van der Waals surface area contributed by atoms with Crippen LogP contribution in [-0.4, -0.2) is 27.3 Å². The fourth-order valence-corrected chi connectivity index (χ4v) is 4.67. The molecule has 2 unspecified atom stereocenters. The summed E-state index contributed by atoms with van der Waals surface area (Å²) in [5.41, 5.74) is 3.41. The summed E-state index contributed by atoms with van der Waals surface area (Å²) in [5.74, 6) is 0.123. The molecule has 0 bridgehead atoms. The number of carbonyl (C=O) groups excluding carboxylic acids is 1. The summed E-state index contributed by atoms with van der Waals surface area (Å²) < 4.78 is 1.62. The number of aryl methyl sites for hydroxylation is 1. The molecule has 0 spiro atoms. The van der Waals surface area contributed by atoms with E-state index >= 15 is 0 Å². The minimum Gasteiger partial charge on any atom is -0.355 e. The van der Waals surface area contributed by atoms with E-state index in [4.69, 9.17) is 4.98 Å². The van der Waals surface area contributed by atoms with Gasteiger partial charge in [-0.25, -0.2) is 4.98 Å². The Balaban J connectivity index is 1.61. The standard InChI is InChI=1S/C27H27N3O2S/c1-18-11-7-10-16-24(18)30-26(32)22-14-8-9-15-23(22)29-27(30)33-20(3)25(31)28-17-19(2)21-12-5-4-6-13-21/h4-16,19-20H,17H2,1-3H3,(H,28,31). The van der Waals surface area contributed by atoms with Crippen molar-refractivity contribution in [1.82, 2.24) is 14.9 Å². The Kier molecular flexibility index (Phi) is 6.94. The van der Waals surface area contributed by atoms with Crippen LogP contribution < -0.4 is 10.9 Å². The number of nitrogens with zero attached hydrogens (tertiary/aromatic N) is 2. The normalized spacial score (nSPS) is 12.9. The number of thioether (sulfide) groups is 1. The summed E-state index contributed by atoms with van der Waals surface area (Å²) in [7, 11) is 0. The molecule has 0 saturated carbocycles. The summed E-state index contributed by atoms with van der Waals surface area (Å²) in [6, 6.07) is 25.1. The highest BCUT2D eigenvalue weighted by molar-refractivity contribution is 8.00. The second-order valence-corrected chi connectivity index (χ2v) is 9.46. The number of nitrogens with one attached hydrogen (secondary N) is 1. The van der Waals surface area contributed by atoms with Crippen molar-refractivity contribution in [2.24, 2.45) is 0 Å². The first-order chi connectivity index (χ1) is 16.0. The lowest BCUT2D eigenvalue weighted by Crippen LogP contribution is -2.34. The van der Waals surface area contributed by atoms with Crippen LogP contribution in [0.2, 0.25) is 0 Å². The minimum atomic E-state index is -0.420. The third-order valence-electron chi connectivity index (χ3n) is 5.70. The lowest BCUT2D eigenvalue weighted by atomic mass is 10.0. The monoisotopic (exact) mass is 457 g/mol. The van der Waals surface area contributed by atoms with Gasteiger partial charge in [0.25, 0.3) is 5.56 Å². The van der Waals surface area contributed by atoms with Crippen molar-refractivity contribution < 1.29 is 4.79 Å². The van der Waals surface area contributed by atoms with E-state index in [2.05, 4.69) is 24.4 Å². The van der Waals surface area contributed by atoms with Gasteiger partial charge in [-0.05, 0) is 49.1 Å². The third-order valence-corrected chi connectivity index (χ3v) is 6.76. The van der Waals surface area contributed by atoms with Gasteiger partial charge >= 0.3 is 0 Å². The molecule has 4 aromatic rings. The fourth-order valence-electron chi connectivity index (χ4n) is 3.73. The zero-order chi connectivity index (χ0) is 23.4. The van der Waals surface area contributed by atoms with Crippen molar-refractivity contribution in [2.45, 2.75) is 37.1 Å². The van der Waals surface area contributed by atoms with Crippen LogP contribution in [0.4, 0.5) is 0 Å². The molecule has 5 nitrogen and oxygen atoms in total. The molecule has 0 aliphatic carbocycles. The van der Waals surface area contributed by atoms with Crippen molar-refractivity contribution in [2.75, 3.05) is 6.54 Å². The van der Waals surface area contributed by atoms with Gasteiger partial charge in [0.2, 0.25) is 5.91 Å². The average Bonchev–Trinajstić information content (AvgIpc) is 2.84. The Morgan fingerprint density at radius 3 is 2.39 bits per heavy atom. The Labute approximate surface area is 197 Å². The van der Waals surface area contributed by atoms with Gasteiger partial charge in [-0.2, -0.15) is 0 Å². The Bertz CT molecular complexity index is 1330. The second kappa shape index (κ2) is 10.0. The predicted molar refractivity (Wildman–Crippen MR) is 135 cm³/mol. The molecule has 1 heterocycles. The van der Waals surface area contributed by atoms with Crippen LogP contribution in [0.1, 0.15) is 30.9 Å². The van der Waals surface area contributed by atoms with Crippen LogP contribution in [0.3, 0.4) is 0 Å². The van der Waals surface area contributed by atoms with Gasteiger partial charge in [-0.1, -0.05) is 79.3 Å². The van der Waals surface area contributed by atoms with Crippen molar-refractivity contribution in [3.8, 4) is 5.69 Å². The Hall–Kier alpha value is -3.38. The van der Waals surface area contributed by atoms with Crippen molar-refractivity contribution in [1.29, 1.82) is 0 Å². The van der Waals surface area contributed by atoms with Gasteiger partial charge < -0.3 is 5.32 Å². The predicted octanol–water partition coefficient (Wildman–Crippen LogP) is 5.09. The number of fused-ring (bicyclic) bond motifs is 1. The lowest BCUT2D eigenvalue weighted by molar-refractivity contribution is -0.120. The molecule has 3 aromatic carbocycles. The van der Waals surface area contributed by atoms with Crippen molar-refractivity contribution in [3.05, 3.63) is 100 Å². The van der Waals surface area contributed by atoms with Gasteiger partial charge in [-0.15, -0.1) is 0 Å². The summed E-state index contributed by atoms with van der Waals surface area (Å²) >= 11 is 1.30. The maximum absolute atomic E-state index is 13.4. The molecular weight excluding hydrogens is 430 g/mol. The first-order valence-electron chi connectivity index (χ1n) is 11.0. The quantitative estimate of drug-likeness (QED) is 0.310. The van der Waals surface area contributed by atoms with E-state index < -0.39 is 5.25 Å². The summed E-state index contributed by atoms with van der Waals surface area (Å²) in [4.78, 5) is 31.1. The van der Waals surface area contributed by atoms with Gasteiger partial charge in [-0.3, -0.25) is 14.2 Å². The number of para-hydroxylation sites is 2. The van der Waals surface area contributed by atoms with Crippen LogP contribution in [0.5, 0.6) is 0 Å². The maximum Gasteiger partial charge on any atom is 0.266 e. The minimum absolute atomic E-state index is 0.0819. The molecule has 168 valence electrons. The molecule has 1 N–H and O–H groups in total. The van der Waals surface area contributed by atoms with Crippen molar-refractivity contribution >= 4 is 28.6 Å². The molecule has 0 aliphatic heterocycles. The topological polar surface area (TPSA) is 64.0 Å². The zero-order valence-electron chi connectivity index (χ0n) is 19.0. The Morgan fingerprint density at radius 1 is 0.970 bits per heavy atom. The molecule has 0 saturated heterocycles. The van der Waals surface area contributed by atoms with Gasteiger partial charge in [0.05, 0.1) is 21.8 Å². The number of hydrogen-bond donors (Lipinski definition) is 1. The van der Waals surface area contributed by atoms with E-state index in [1.165, 1.54) is 17.3 Å². The van der Waals surface area contributed by atoms with E-state index in [1.54, 1.807) is 10.6 Å². The molecule has 0 fully saturated rings. The number of amides is 1. The summed E-state index contributed by atoms with van der Waals surface area (Å²) in [5, 5.41) is 3.69. The molecule has 0 radical (unpaired) electrons. The number of carbonyl (C=O) groups is 1. The molecular formula is C27H27N3O2S. The highest BCUT2D eigenvalue weighted by atomic mass is 32.2. The SMILES string of the molecule is Cc1ccccc1-n1c(SC(C)C(=O)NCC(C)c2ccccc2)nc2ccccc2c1=O. The van der Waals surface area contributed by atoms with Crippen LogP contribution in [0.25, 0.3) is 16.6 Å². The first-order valence-corrected chi connectivity index (χ1v) is 11.9. The van der Waals surface area contributed by atoms with Crippen LogP contribution in [0.15, 0.2) is 88.8 Å². The summed E-state index contributed by atoms with van der Waals surface area (Å²) in [6.45, 7) is 6.45. The highest BCUT2D eigenvalue weighted by Crippen LogP contribution is 2.26. The number of benzene rings is 3. The largest absolute Gasteiger partial charge is 0.355 e. The molecule has 4 rings (SSSR count). The maximum atomic E-state index is 13.4. The first kappa shape index (κ1) is 22.8. The molecule has 2 atom stereocenters. The van der Waals surface area contributed by atoms with E-state index in [-0.39, 0.29) is 17.4 Å². The smallest absolute Gasteiger partial charge is 0.266 e. The highest BCUT2D eigenvalue weighted by Gasteiger charge is 2.21. The number of rotatable bonds is 7. The molecule has 33 heavy (non-hydrogen) atoms. The summed E-state index contributed by atoms with van der Waals surface area (Å²) in [6.07, 6.45) is 0. The van der Waals surface area contributed by atoms with Gasteiger partial charge in [0.15, 0.2) is 5.16 Å². The fraction of sp³-hybridized carbons (Fsp3) is 0.222. The second-order valence-electron chi connectivity index (χ2n) is 8.16. The Morgan fingerprint density at radius 2 is 1.64 bits per heavy atom. The third kappa shape index (κ3) is 5.01. The molecule has 1 aromatic heterocycles. The van der Waals surface area contributed by atoms with Crippen LogP contribution >= 0.6 is 11.8 Å². The average molecular weight is 458 g/mol. The van der Waals surface area contributed by atoms with E-state index in [1.807, 2.05) is 74.5 Å². The molecule has 6 heteroatoms. The van der Waals surface area contributed by atoms with E-state index in [9.17, 15) is 9.59 Å². The zero-order valence-corrected chi connectivity index (χ0v) is 19.8. The van der Waals surface area contributed by atoms with Gasteiger partial charge in [0.1, 0.15) is 0 Å². The molecule has 0 aliphatic rings. The van der Waals surface area contributed by atoms with Crippen molar-refractivity contribution in [3.63, 3.8) is 0 Å². The van der Waals surface area contributed by atoms with Gasteiger partial charge in [0, 0.05) is 6.54 Å². The van der Waals surface area contributed by atoms with Crippen LogP contribution in [-0.2, 0) is 4.79 Å². The lowest BCUT2D eigenvalue weighted by Gasteiger charge is -2.19.